The van der Waals surface area contributed by atoms with Crippen LogP contribution in [0.2, 0.25) is 0 Å². The molecule has 0 aliphatic carbocycles. The molecule has 2 aromatic heterocycles. The molecule has 2 amide bonds. The van der Waals surface area contributed by atoms with E-state index in [-0.39, 0.29) is 17.9 Å². The number of benzene rings is 1. The van der Waals surface area contributed by atoms with Crippen molar-refractivity contribution in [1.82, 2.24) is 10.2 Å². The van der Waals surface area contributed by atoms with Crippen LogP contribution in [0.15, 0.2) is 63.9 Å². The molecular formula is C20H21N3O3S. The van der Waals surface area contributed by atoms with E-state index in [0.29, 0.717) is 23.4 Å². The molecular weight excluding hydrogens is 362 g/mol. The average molecular weight is 383 g/mol. The quantitative estimate of drug-likeness (QED) is 0.653. The molecule has 3 rings (SSSR count). The van der Waals surface area contributed by atoms with Crippen molar-refractivity contribution in [3.63, 3.8) is 0 Å². The summed E-state index contributed by atoms with van der Waals surface area (Å²) in [5, 5.41) is 9.34. The Balaban J connectivity index is 1.70. The Kier molecular flexibility index (Phi) is 6.05. The fraction of sp³-hybridized carbons (Fsp3) is 0.200. The minimum atomic E-state index is -0.255. The lowest BCUT2D eigenvalue weighted by atomic mass is 10.1. The van der Waals surface area contributed by atoms with Crippen molar-refractivity contribution in [2.45, 2.75) is 6.04 Å². The zero-order valence-electron chi connectivity index (χ0n) is 15.1. The third-order valence-electron chi connectivity index (χ3n) is 4.15. The van der Waals surface area contributed by atoms with Crippen LogP contribution >= 0.6 is 11.3 Å². The van der Waals surface area contributed by atoms with Crippen molar-refractivity contribution in [1.29, 1.82) is 0 Å². The Bertz CT molecular complexity index is 889. The number of thiophene rings is 1. The Hall–Kier alpha value is -2.90. The van der Waals surface area contributed by atoms with Crippen molar-refractivity contribution < 1.29 is 14.0 Å². The lowest BCUT2D eigenvalue weighted by Crippen LogP contribution is -2.34. The van der Waals surface area contributed by atoms with Gasteiger partial charge >= 0.3 is 0 Å². The van der Waals surface area contributed by atoms with E-state index in [1.54, 1.807) is 42.0 Å². The molecule has 27 heavy (non-hydrogen) atoms. The first-order chi connectivity index (χ1) is 13.1. The van der Waals surface area contributed by atoms with Crippen LogP contribution in [0.4, 0.5) is 5.69 Å². The van der Waals surface area contributed by atoms with Crippen molar-refractivity contribution in [2.24, 2.45) is 0 Å². The van der Waals surface area contributed by atoms with Crippen LogP contribution in [-0.2, 0) is 0 Å². The maximum absolute atomic E-state index is 12.7. The molecule has 0 radical (unpaired) electrons. The molecule has 1 atom stereocenters. The average Bonchev–Trinajstić information content (AvgIpc) is 3.36. The summed E-state index contributed by atoms with van der Waals surface area (Å²) in [5.74, 6) is 0.284. The summed E-state index contributed by atoms with van der Waals surface area (Å²) < 4.78 is 5.46. The molecule has 2 N–H and O–H groups in total. The zero-order chi connectivity index (χ0) is 19.2. The van der Waals surface area contributed by atoms with Gasteiger partial charge in [0.25, 0.3) is 11.8 Å². The number of para-hydroxylation sites is 1. The number of amides is 2. The normalized spacial score (nSPS) is 12.0. The molecule has 0 saturated carbocycles. The molecule has 2 heterocycles. The maximum Gasteiger partial charge on any atom is 0.256 e. The van der Waals surface area contributed by atoms with Gasteiger partial charge in [0, 0.05) is 11.9 Å². The molecule has 0 aliphatic rings. The van der Waals surface area contributed by atoms with Gasteiger partial charge in [0.05, 0.1) is 29.1 Å². The second-order valence-electron chi connectivity index (χ2n) is 6.22. The Morgan fingerprint density at radius 2 is 1.93 bits per heavy atom. The fourth-order valence-electron chi connectivity index (χ4n) is 2.68. The SMILES string of the molecule is CN(C)C(CNC(=O)c1ccccc1NC(=O)c1ccsc1)c1ccco1. The zero-order valence-corrected chi connectivity index (χ0v) is 16.0. The number of nitrogens with one attached hydrogen (secondary N) is 2. The standard InChI is InChI=1S/C20H21N3O3S/c1-23(2)17(18-8-5-10-26-18)12-21-20(25)15-6-3-4-7-16(15)22-19(24)14-9-11-27-13-14/h3-11,13,17H,12H2,1-2H3,(H,21,25)(H,22,24). The van der Waals surface area contributed by atoms with Gasteiger partial charge in [-0.25, -0.2) is 0 Å². The van der Waals surface area contributed by atoms with Gasteiger partial charge in [-0.2, -0.15) is 11.3 Å². The van der Waals surface area contributed by atoms with Gasteiger partial charge < -0.3 is 15.1 Å². The molecule has 1 aromatic carbocycles. The third kappa shape index (κ3) is 4.64. The number of furan rings is 1. The summed E-state index contributed by atoms with van der Waals surface area (Å²) in [4.78, 5) is 27.0. The van der Waals surface area contributed by atoms with Crippen LogP contribution in [0.3, 0.4) is 0 Å². The van der Waals surface area contributed by atoms with Crippen molar-refractivity contribution in [3.05, 3.63) is 76.4 Å². The van der Waals surface area contributed by atoms with E-state index in [2.05, 4.69) is 10.6 Å². The number of carbonyl (C=O) groups is 2. The highest BCUT2D eigenvalue weighted by Gasteiger charge is 2.20. The van der Waals surface area contributed by atoms with E-state index in [9.17, 15) is 9.59 Å². The van der Waals surface area contributed by atoms with Gasteiger partial charge in [-0.15, -0.1) is 0 Å². The van der Waals surface area contributed by atoms with Crippen molar-refractivity contribution >= 4 is 28.8 Å². The number of rotatable bonds is 7. The van der Waals surface area contributed by atoms with Crippen LogP contribution in [0, 0.1) is 0 Å². The minimum absolute atomic E-state index is 0.0866. The van der Waals surface area contributed by atoms with Crippen LogP contribution in [0.5, 0.6) is 0 Å². The smallest absolute Gasteiger partial charge is 0.256 e. The minimum Gasteiger partial charge on any atom is -0.468 e. The van der Waals surface area contributed by atoms with E-state index < -0.39 is 0 Å². The number of likely N-dealkylation sites (N-methyl/N-ethyl adjacent to an activating group) is 1. The lowest BCUT2D eigenvalue weighted by molar-refractivity contribution is 0.0940. The molecule has 140 valence electrons. The molecule has 3 aromatic rings. The highest BCUT2D eigenvalue weighted by Crippen LogP contribution is 2.20. The van der Waals surface area contributed by atoms with Crippen LogP contribution < -0.4 is 10.6 Å². The van der Waals surface area contributed by atoms with Crippen molar-refractivity contribution in [3.8, 4) is 0 Å². The molecule has 0 spiro atoms. The first kappa shape index (κ1) is 18.9. The lowest BCUT2D eigenvalue weighted by Gasteiger charge is -2.22. The summed E-state index contributed by atoms with van der Waals surface area (Å²) in [6, 6.07) is 12.3. The molecule has 0 bridgehead atoms. The molecule has 1 unspecified atom stereocenters. The predicted octanol–water partition coefficient (Wildman–Crippen LogP) is 3.63. The summed E-state index contributed by atoms with van der Waals surface area (Å²) in [5.41, 5.74) is 1.46. The fourth-order valence-corrected chi connectivity index (χ4v) is 3.32. The number of anilines is 1. The van der Waals surface area contributed by atoms with Crippen molar-refractivity contribution in [2.75, 3.05) is 26.0 Å². The first-order valence-electron chi connectivity index (χ1n) is 8.47. The molecule has 0 saturated heterocycles. The third-order valence-corrected chi connectivity index (χ3v) is 4.84. The second kappa shape index (κ2) is 8.66. The summed E-state index contributed by atoms with van der Waals surface area (Å²) in [6.45, 7) is 0.381. The van der Waals surface area contributed by atoms with Gasteiger partial charge in [0.15, 0.2) is 0 Å². The highest BCUT2D eigenvalue weighted by molar-refractivity contribution is 7.08. The van der Waals surface area contributed by atoms with Crippen LogP contribution in [0.25, 0.3) is 0 Å². The Morgan fingerprint density at radius 3 is 2.59 bits per heavy atom. The van der Waals surface area contributed by atoms with Crippen LogP contribution in [-0.4, -0.2) is 37.4 Å². The summed E-state index contributed by atoms with van der Waals surface area (Å²) in [7, 11) is 3.85. The highest BCUT2D eigenvalue weighted by atomic mass is 32.1. The maximum atomic E-state index is 12.7. The Labute approximate surface area is 161 Å². The molecule has 6 nitrogen and oxygen atoms in total. The number of carbonyl (C=O) groups excluding carboxylic acids is 2. The van der Waals surface area contributed by atoms with E-state index in [1.807, 2.05) is 36.5 Å². The van der Waals surface area contributed by atoms with Gasteiger partial charge in [-0.05, 0) is 49.8 Å². The van der Waals surface area contributed by atoms with Gasteiger partial charge in [0.1, 0.15) is 5.76 Å². The van der Waals surface area contributed by atoms with E-state index in [1.165, 1.54) is 11.3 Å². The Morgan fingerprint density at radius 1 is 1.11 bits per heavy atom. The number of nitrogens with zero attached hydrogens (tertiary/aromatic N) is 1. The summed E-state index contributed by atoms with van der Waals surface area (Å²) >= 11 is 1.45. The topological polar surface area (TPSA) is 74.6 Å². The molecule has 7 heteroatoms. The molecule has 0 fully saturated rings. The summed E-state index contributed by atoms with van der Waals surface area (Å²) in [6.07, 6.45) is 1.61. The van der Waals surface area contributed by atoms with E-state index in [4.69, 9.17) is 4.42 Å². The predicted molar refractivity (Wildman–Crippen MR) is 106 cm³/mol. The van der Waals surface area contributed by atoms with Gasteiger partial charge in [0.2, 0.25) is 0 Å². The van der Waals surface area contributed by atoms with Gasteiger partial charge in [-0.3, -0.25) is 14.5 Å². The largest absolute Gasteiger partial charge is 0.468 e. The van der Waals surface area contributed by atoms with Gasteiger partial charge in [-0.1, -0.05) is 12.1 Å². The number of hydrogen-bond donors (Lipinski definition) is 2. The van der Waals surface area contributed by atoms with E-state index >= 15 is 0 Å². The number of hydrogen-bond acceptors (Lipinski definition) is 5. The molecule has 0 aliphatic heterocycles. The van der Waals surface area contributed by atoms with E-state index in [0.717, 1.165) is 5.76 Å². The first-order valence-corrected chi connectivity index (χ1v) is 9.41. The monoisotopic (exact) mass is 383 g/mol. The van der Waals surface area contributed by atoms with Crippen LogP contribution in [0.1, 0.15) is 32.5 Å². The second-order valence-corrected chi connectivity index (χ2v) is 7.00.